The van der Waals surface area contributed by atoms with Crippen LogP contribution in [-0.2, 0) is 10.2 Å². The van der Waals surface area contributed by atoms with Gasteiger partial charge in [0, 0.05) is 13.1 Å². The second kappa shape index (κ2) is 6.94. The maximum absolute atomic E-state index is 12.2. The summed E-state index contributed by atoms with van der Waals surface area (Å²) in [6.07, 6.45) is 3.03. The fraction of sp³-hybridized carbons (Fsp3) is 0.650. The summed E-state index contributed by atoms with van der Waals surface area (Å²) in [7, 11) is 0. The summed E-state index contributed by atoms with van der Waals surface area (Å²) >= 11 is 0. The molecule has 0 aliphatic carbocycles. The Morgan fingerprint density at radius 2 is 1.70 bits per heavy atom. The molecule has 1 heterocycles. The van der Waals surface area contributed by atoms with E-state index in [1.165, 1.54) is 5.56 Å². The molecular formula is C20H31NO2. The molecular weight excluding hydrogens is 286 g/mol. The second-order valence-corrected chi connectivity index (χ2v) is 7.88. The van der Waals surface area contributed by atoms with Crippen molar-refractivity contribution in [2.75, 3.05) is 13.1 Å². The Labute approximate surface area is 141 Å². The van der Waals surface area contributed by atoms with E-state index in [2.05, 4.69) is 44.2 Å². The third-order valence-corrected chi connectivity index (χ3v) is 5.22. The summed E-state index contributed by atoms with van der Waals surface area (Å²) in [5.74, 6) is 0.605. The van der Waals surface area contributed by atoms with Gasteiger partial charge in [-0.3, -0.25) is 0 Å². The van der Waals surface area contributed by atoms with Crippen LogP contribution in [0.15, 0.2) is 30.3 Å². The SMILES string of the molecule is CC[C@](C)(c1ccccc1)C1CCN(C(=O)OC(C)(C)C)CC1. The fourth-order valence-corrected chi connectivity index (χ4v) is 3.57. The number of carbonyl (C=O) groups is 1. The smallest absolute Gasteiger partial charge is 0.410 e. The largest absolute Gasteiger partial charge is 0.444 e. The molecule has 1 aromatic rings. The first-order valence-corrected chi connectivity index (χ1v) is 8.79. The lowest BCUT2D eigenvalue weighted by molar-refractivity contribution is 0.0147. The first kappa shape index (κ1) is 17.8. The minimum absolute atomic E-state index is 0.172. The monoisotopic (exact) mass is 317 g/mol. The zero-order valence-corrected chi connectivity index (χ0v) is 15.3. The number of amides is 1. The molecule has 1 aromatic carbocycles. The summed E-state index contributed by atoms with van der Waals surface area (Å²) in [5, 5.41) is 0. The van der Waals surface area contributed by atoms with Crippen molar-refractivity contribution >= 4 is 6.09 Å². The van der Waals surface area contributed by atoms with Gasteiger partial charge in [-0.15, -0.1) is 0 Å². The third kappa shape index (κ3) is 4.27. The first-order chi connectivity index (χ1) is 10.8. The predicted octanol–water partition coefficient (Wildman–Crippen LogP) is 5.00. The Kier molecular flexibility index (Phi) is 5.38. The van der Waals surface area contributed by atoms with E-state index < -0.39 is 5.60 Å². The van der Waals surface area contributed by atoms with Crippen LogP contribution in [0, 0.1) is 5.92 Å². The average molecular weight is 317 g/mol. The van der Waals surface area contributed by atoms with Crippen molar-refractivity contribution in [2.45, 2.75) is 64.9 Å². The lowest BCUT2D eigenvalue weighted by Crippen LogP contribution is -2.45. The number of rotatable bonds is 3. The number of piperidine rings is 1. The molecule has 0 radical (unpaired) electrons. The maximum atomic E-state index is 12.2. The van der Waals surface area contributed by atoms with Crippen LogP contribution >= 0.6 is 0 Å². The Bertz CT molecular complexity index is 512. The van der Waals surface area contributed by atoms with Crippen molar-refractivity contribution in [2.24, 2.45) is 5.92 Å². The van der Waals surface area contributed by atoms with Crippen LogP contribution in [0.25, 0.3) is 0 Å². The zero-order valence-electron chi connectivity index (χ0n) is 15.3. The fourth-order valence-electron chi connectivity index (χ4n) is 3.57. The van der Waals surface area contributed by atoms with Crippen molar-refractivity contribution in [1.82, 2.24) is 4.90 Å². The van der Waals surface area contributed by atoms with Gasteiger partial charge >= 0.3 is 6.09 Å². The van der Waals surface area contributed by atoms with E-state index in [0.717, 1.165) is 32.4 Å². The summed E-state index contributed by atoms with van der Waals surface area (Å²) in [4.78, 5) is 14.1. The molecule has 1 aliphatic heterocycles. The van der Waals surface area contributed by atoms with Gasteiger partial charge in [-0.25, -0.2) is 4.79 Å². The van der Waals surface area contributed by atoms with Gasteiger partial charge in [-0.05, 0) is 56.9 Å². The lowest BCUT2D eigenvalue weighted by Gasteiger charge is -2.43. The quantitative estimate of drug-likeness (QED) is 0.785. The summed E-state index contributed by atoms with van der Waals surface area (Å²) in [5.41, 5.74) is 1.18. The van der Waals surface area contributed by atoms with E-state index in [1.54, 1.807) is 0 Å². The standard InChI is InChI=1S/C20H31NO2/c1-6-20(5,16-10-8-7-9-11-16)17-12-14-21(15-13-17)18(22)23-19(2,3)4/h7-11,17H,6,12-15H2,1-5H3/t20-/m1/s1. The molecule has 1 aliphatic rings. The van der Waals surface area contributed by atoms with Gasteiger partial charge < -0.3 is 9.64 Å². The van der Waals surface area contributed by atoms with E-state index in [4.69, 9.17) is 4.74 Å². The number of ether oxygens (including phenoxy) is 1. The molecule has 2 rings (SSSR count). The Morgan fingerprint density at radius 1 is 1.13 bits per heavy atom. The molecule has 23 heavy (non-hydrogen) atoms. The normalized spacial score (nSPS) is 19.3. The van der Waals surface area contributed by atoms with Crippen LogP contribution in [0.2, 0.25) is 0 Å². The van der Waals surface area contributed by atoms with Gasteiger partial charge in [0.15, 0.2) is 0 Å². The first-order valence-electron chi connectivity index (χ1n) is 8.79. The van der Waals surface area contributed by atoms with E-state index in [-0.39, 0.29) is 11.5 Å². The highest BCUT2D eigenvalue weighted by atomic mass is 16.6. The summed E-state index contributed by atoms with van der Waals surface area (Å²) < 4.78 is 5.50. The predicted molar refractivity (Wildman–Crippen MR) is 94.6 cm³/mol. The number of carbonyl (C=O) groups excluding carboxylic acids is 1. The van der Waals surface area contributed by atoms with E-state index in [1.807, 2.05) is 25.7 Å². The number of hydrogen-bond donors (Lipinski definition) is 0. The molecule has 0 bridgehead atoms. The Morgan fingerprint density at radius 3 is 2.17 bits per heavy atom. The minimum Gasteiger partial charge on any atom is -0.444 e. The minimum atomic E-state index is -0.421. The van der Waals surface area contributed by atoms with Crippen LogP contribution in [0.3, 0.4) is 0 Å². The lowest BCUT2D eigenvalue weighted by atomic mass is 9.66. The van der Waals surface area contributed by atoms with Crippen molar-refractivity contribution in [3.8, 4) is 0 Å². The number of hydrogen-bond acceptors (Lipinski definition) is 2. The molecule has 0 aromatic heterocycles. The van der Waals surface area contributed by atoms with Gasteiger partial charge in [0.25, 0.3) is 0 Å². The maximum Gasteiger partial charge on any atom is 0.410 e. The average Bonchev–Trinajstić information content (AvgIpc) is 2.53. The summed E-state index contributed by atoms with van der Waals surface area (Å²) in [6.45, 7) is 12.0. The molecule has 0 N–H and O–H groups in total. The van der Waals surface area contributed by atoms with Crippen molar-refractivity contribution in [3.05, 3.63) is 35.9 Å². The molecule has 1 fully saturated rings. The molecule has 3 nitrogen and oxygen atoms in total. The van der Waals surface area contributed by atoms with Crippen molar-refractivity contribution in [3.63, 3.8) is 0 Å². The second-order valence-electron chi connectivity index (χ2n) is 7.88. The van der Waals surface area contributed by atoms with E-state index >= 15 is 0 Å². The molecule has 1 amide bonds. The van der Waals surface area contributed by atoms with E-state index in [0.29, 0.717) is 5.92 Å². The van der Waals surface area contributed by atoms with Crippen LogP contribution in [-0.4, -0.2) is 29.7 Å². The van der Waals surface area contributed by atoms with Crippen LogP contribution < -0.4 is 0 Å². The molecule has 1 saturated heterocycles. The van der Waals surface area contributed by atoms with Crippen LogP contribution in [0.4, 0.5) is 4.79 Å². The van der Waals surface area contributed by atoms with Crippen LogP contribution in [0.5, 0.6) is 0 Å². The van der Waals surface area contributed by atoms with Crippen molar-refractivity contribution in [1.29, 1.82) is 0 Å². The van der Waals surface area contributed by atoms with Crippen LogP contribution in [0.1, 0.15) is 59.4 Å². The van der Waals surface area contributed by atoms with E-state index in [9.17, 15) is 4.79 Å². The molecule has 0 spiro atoms. The van der Waals surface area contributed by atoms with Gasteiger partial charge in [-0.2, -0.15) is 0 Å². The third-order valence-electron chi connectivity index (χ3n) is 5.22. The molecule has 3 heteroatoms. The van der Waals surface area contributed by atoms with Gasteiger partial charge in [0.1, 0.15) is 5.60 Å². The zero-order chi connectivity index (χ0) is 17.1. The Hall–Kier alpha value is -1.51. The highest BCUT2D eigenvalue weighted by Gasteiger charge is 2.37. The topological polar surface area (TPSA) is 29.5 Å². The highest BCUT2D eigenvalue weighted by molar-refractivity contribution is 5.68. The highest BCUT2D eigenvalue weighted by Crippen LogP contribution is 2.41. The number of likely N-dealkylation sites (tertiary alicyclic amines) is 1. The summed E-state index contributed by atoms with van der Waals surface area (Å²) in [6, 6.07) is 10.8. The molecule has 0 saturated carbocycles. The van der Waals surface area contributed by atoms with Crippen molar-refractivity contribution < 1.29 is 9.53 Å². The van der Waals surface area contributed by atoms with Gasteiger partial charge in [0.05, 0.1) is 0 Å². The van der Waals surface area contributed by atoms with Gasteiger partial charge in [0.2, 0.25) is 0 Å². The molecule has 0 unspecified atom stereocenters. The molecule has 1 atom stereocenters. The Balaban J connectivity index is 2.02. The van der Waals surface area contributed by atoms with Gasteiger partial charge in [-0.1, -0.05) is 44.2 Å². The number of benzene rings is 1. The number of nitrogens with zero attached hydrogens (tertiary/aromatic N) is 1. The molecule has 128 valence electrons.